The molecule has 1 atom stereocenters. The van der Waals surface area contributed by atoms with Gasteiger partial charge in [-0.25, -0.2) is 8.42 Å². The first-order valence-corrected chi connectivity index (χ1v) is 5.30. The first kappa shape index (κ1) is 15.2. The largest absolute Gasteiger partial charge is 0.370 e. The predicted molar refractivity (Wildman–Crippen MR) is 53.4 cm³/mol. The molecule has 0 aliphatic carbocycles. The fourth-order valence-electron chi connectivity index (χ4n) is 0.723. The van der Waals surface area contributed by atoms with E-state index in [-0.39, 0.29) is 25.4 Å². The lowest BCUT2D eigenvalue weighted by Gasteiger charge is -2.23. The molecule has 0 saturated heterocycles. The minimum absolute atomic E-state index is 0. The second kappa shape index (κ2) is 4.78. The number of hydrogen-bond donors (Lipinski definition) is 2. The molecular formula is C6H15ClN2O3S. The highest BCUT2D eigenvalue weighted by Crippen LogP contribution is 2.18. The Labute approximate surface area is 84.2 Å². The van der Waals surface area contributed by atoms with Crippen LogP contribution in [0.2, 0.25) is 0 Å². The van der Waals surface area contributed by atoms with Gasteiger partial charge in [0.1, 0.15) is 0 Å². The summed E-state index contributed by atoms with van der Waals surface area (Å²) < 4.78 is 21.0. The Kier molecular flexibility index (Phi) is 5.57. The molecule has 4 N–H and O–H groups in total. The lowest BCUT2D eigenvalue weighted by molar-refractivity contribution is -0.118. The van der Waals surface area contributed by atoms with Crippen LogP contribution in [0, 0.1) is 0 Å². The predicted octanol–water partition coefficient (Wildman–Crippen LogP) is -0.954. The molecule has 7 heteroatoms. The Bertz CT molecular complexity index is 278. The Hall–Kier alpha value is -0.330. The van der Waals surface area contributed by atoms with Crippen LogP contribution in [-0.4, -0.2) is 31.9 Å². The second-order valence-corrected chi connectivity index (χ2v) is 5.60. The molecule has 0 aliphatic rings. The topological polar surface area (TPSA) is 103 Å². The standard InChI is InChI=1S/C6H14N2O3S.ClH/c1-6(4-7,3-5(8)9)12(2,10)11;/h3-4,7H2,1-2H3,(H2,8,9);1H/t6-;/m0./s1. The molecule has 0 saturated carbocycles. The van der Waals surface area contributed by atoms with Gasteiger partial charge in [0.25, 0.3) is 0 Å². The third kappa shape index (κ3) is 3.93. The number of rotatable bonds is 4. The number of sulfone groups is 1. The molecule has 0 rings (SSSR count). The molecule has 0 heterocycles. The summed E-state index contributed by atoms with van der Waals surface area (Å²) in [6, 6.07) is 0. The lowest BCUT2D eigenvalue weighted by Crippen LogP contribution is -2.45. The van der Waals surface area contributed by atoms with Crippen LogP contribution in [0.25, 0.3) is 0 Å². The van der Waals surface area contributed by atoms with Gasteiger partial charge in [-0.3, -0.25) is 4.79 Å². The Morgan fingerprint density at radius 2 is 1.85 bits per heavy atom. The molecule has 0 radical (unpaired) electrons. The fraction of sp³-hybridized carbons (Fsp3) is 0.833. The van der Waals surface area contributed by atoms with Gasteiger partial charge in [-0.05, 0) is 6.92 Å². The van der Waals surface area contributed by atoms with Gasteiger partial charge in [-0.2, -0.15) is 0 Å². The summed E-state index contributed by atoms with van der Waals surface area (Å²) in [4.78, 5) is 10.5. The molecule has 0 aromatic carbocycles. The van der Waals surface area contributed by atoms with Crippen LogP contribution in [-0.2, 0) is 14.6 Å². The third-order valence-electron chi connectivity index (χ3n) is 1.88. The van der Waals surface area contributed by atoms with E-state index >= 15 is 0 Å². The Morgan fingerprint density at radius 1 is 1.46 bits per heavy atom. The summed E-state index contributed by atoms with van der Waals surface area (Å²) in [7, 11) is -3.34. The number of hydrogen-bond acceptors (Lipinski definition) is 4. The van der Waals surface area contributed by atoms with Crippen LogP contribution in [0.15, 0.2) is 0 Å². The number of carbonyl (C=O) groups is 1. The smallest absolute Gasteiger partial charge is 0.219 e. The maximum Gasteiger partial charge on any atom is 0.219 e. The molecule has 5 nitrogen and oxygen atoms in total. The Balaban J connectivity index is 0. The zero-order valence-electron chi connectivity index (χ0n) is 7.61. The summed E-state index contributed by atoms with van der Waals surface area (Å²) >= 11 is 0. The van der Waals surface area contributed by atoms with E-state index in [9.17, 15) is 13.2 Å². The van der Waals surface area contributed by atoms with Crippen molar-refractivity contribution in [3.8, 4) is 0 Å². The zero-order valence-corrected chi connectivity index (χ0v) is 9.24. The zero-order chi connectivity index (χ0) is 9.99. The molecule has 13 heavy (non-hydrogen) atoms. The van der Waals surface area contributed by atoms with E-state index in [4.69, 9.17) is 11.5 Å². The number of primary amides is 1. The lowest BCUT2D eigenvalue weighted by atomic mass is 10.1. The van der Waals surface area contributed by atoms with Crippen molar-refractivity contribution in [3.63, 3.8) is 0 Å². The monoisotopic (exact) mass is 230 g/mol. The number of carbonyl (C=O) groups excluding carboxylic acids is 1. The average Bonchev–Trinajstić information content (AvgIpc) is 1.83. The molecule has 0 aromatic heterocycles. The number of halogens is 1. The van der Waals surface area contributed by atoms with Gasteiger partial charge in [-0.1, -0.05) is 0 Å². The summed E-state index contributed by atoms with van der Waals surface area (Å²) in [5.74, 6) is -0.659. The molecule has 0 bridgehead atoms. The summed E-state index contributed by atoms with van der Waals surface area (Å²) in [5, 5.41) is 0. The first-order chi connectivity index (χ1) is 5.23. The molecule has 0 unspecified atom stereocenters. The van der Waals surface area contributed by atoms with E-state index in [2.05, 4.69) is 0 Å². The van der Waals surface area contributed by atoms with E-state index in [0.717, 1.165) is 6.26 Å². The Morgan fingerprint density at radius 3 is 1.92 bits per heavy atom. The van der Waals surface area contributed by atoms with Crippen LogP contribution in [0.4, 0.5) is 0 Å². The van der Waals surface area contributed by atoms with Crippen molar-refractivity contribution >= 4 is 28.2 Å². The van der Waals surface area contributed by atoms with Crippen molar-refractivity contribution in [2.75, 3.05) is 12.8 Å². The van der Waals surface area contributed by atoms with Crippen LogP contribution in [0.1, 0.15) is 13.3 Å². The summed E-state index contributed by atoms with van der Waals surface area (Å²) in [5.41, 5.74) is 10.1. The average molecular weight is 231 g/mol. The summed E-state index contributed by atoms with van der Waals surface area (Å²) in [6.07, 6.45) is 0.811. The molecule has 80 valence electrons. The molecule has 1 amide bonds. The van der Waals surface area contributed by atoms with Crippen LogP contribution in [0.3, 0.4) is 0 Å². The van der Waals surface area contributed by atoms with Crippen molar-refractivity contribution in [3.05, 3.63) is 0 Å². The number of amides is 1. The minimum Gasteiger partial charge on any atom is -0.370 e. The normalized spacial score (nSPS) is 15.6. The van der Waals surface area contributed by atoms with E-state index in [1.807, 2.05) is 0 Å². The van der Waals surface area contributed by atoms with Crippen molar-refractivity contribution < 1.29 is 13.2 Å². The van der Waals surface area contributed by atoms with E-state index in [0.29, 0.717) is 0 Å². The maximum absolute atomic E-state index is 11.1. The highest BCUT2D eigenvalue weighted by molar-refractivity contribution is 7.92. The maximum atomic E-state index is 11.1. The van der Waals surface area contributed by atoms with Crippen molar-refractivity contribution in [2.45, 2.75) is 18.1 Å². The number of nitrogens with two attached hydrogens (primary N) is 2. The third-order valence-corrected chi connectivity index (χ3v) is 3.98. The minimum atomic E-state index is -3.34. The highest BCUT2D eigenvalue weighted by atomic mass is 35.5. The van der Waals surface area contributed by atoms with Gasteiger partial charge in [-0.15, -0.1) is 12.4 Å². The van der Waals surface area contributed by atoms with Crippen molar-refractivity contribution in [2.24, 2.45) is 11.5 Å². The molecule has 0 aliphatic heterocycles. The molecular weight excluding hydrogens is 216 g/mol. The van der Waals surface area contributed by atoms with Crippen LogP contribution < -0.4 is 11.5 Å². The van der Waals surface area contributed by atoms with Crippen LogP contribution in [0.5, 0.6) is 0 Å². The van der Waals surface area contributed by atoms with E-state index in [1.54, 1.807) is 0 Å². The quantitative estimate of drug-likeness (QED) is 0.650. The molecule has 0 fully saturated rings. The van der Waals surface area contributed by atoms with Gasteiger partial charge in [0, 0.05) is 19.2 Å². The van der Waals surface area contributed by atoms with Gasteiger partial charge in [0.2, 0.25) is 5.91 Å². The van der Waals surface area contributed by atoms with Crippen molar-refractivity contribution in [1.82, 2.24) is 0 Å². The van der Waals surface area contributed by atoms with Gasteiger partial charge in [0.15, 0.2) is 9.84 Å². The first-order valence-electron chi connectivity index (χ1n) is 3.41. The molecule has 0 spiro atoms. The second-order valence-electron chi connectivity index (χ2n) is 3.07. The summed E-state index contributed by atoms with van der Waals surface area (Å²) in [6.45, 7) is 1.31. The fourth-order valence-corrected chi connectivity index (χ4v) is 1.43. The van der Waals surface area contributed by atoms with Gasteiger partial charge < -0.3 is 11.5 Å². The van der Waals surface area contributed by atoms with E-state index < -0.39 is 20.5 Å². The SMILES string of the molecule is C[C@@](CN)(CC(N)=O)S(C)(=O)=O.Cl. The van der Waals surface area contributed by atoms with Gasteiger partial charge in [0.05, 0.1) is 4.75 Å². The molecule has 0 aromatic rings. The van der Waals surface area contributed by atoms with Crippen LogP contribution >= 0.6 is 12.4 Å². The van der Waals surface area contributed by atoms with Gasteiger partial charge >= 0.3 is 0 Å². The van der Waals surface area contributed by atoms with Crippen molar-refractivity contribution in [1.29, 1.82) is 0 Å². The highest BCUT2D eigenvalue weighted by Gasteiger charge is 2.35. The van der Waals surface area contributed by atoms with E-state index in [1.165, 1.54) is 6.92 Å².